The van der Waals surface area contributed by atoms with E-state index < -0.39 is 43.6 Å². The third-order valence-corrected chi connectivity index (χ3v) is 13.3. The molecule has 0 spiro atoms. The third kappa shape index (κ3) is 6.37. The van der Waals surface area contributed by atoms with E-state index in [0.717, 1.165) is 16.7 Å². The number of nitrogens with zero attached hydrogens (tertiary/aromatic N) is 1. The van der Waals surface area contributed by atoms with Crippen LogP contribution in [0, 0.1) is 0 Å². The van der Waals surface area contributed by atoms with Gasteiger partial charge in [-0.3, -0.25) is 19.1 Å². The number of benzene rings is 3. The minimum Gasteiger partial charge on any atom is -0.497 e. The number of aromatic amines is 1. The molecule has 0 bridgehead atoms. The van der Waals surface area contributed by atoms with Crippen LogP contribution in [0.1, 0.15) is 43.7 Å². The average Bonchev–Trinajstić information content (AvgIpc) is 3.32. The van der Waals surface area contributed by atoms with Gasteiger partial charge in [0.25, 0.3) is 5.56 Å². The van der Waals surface area contributed by atoms with E-state index in [1.165, 1.54) is 16.8 Å². The average molecular weight is 629 g/mol. The number of carbonyl (C=O) groups is 1. The molecule has 236 valence electrons. The highest BCUT2D eigenvalue weighted by molar-refractivity contribution is 6.74. The van der Waals surface area contributed by atoms with Gasteiger partial charge in [-0.25, -0.2) is 4.79 Å². The van der Waals surface area contributed by atoms with Crippen molar-refractivity contribution in [1.82, 2.24) is 9.55 Å². The van der Waals surface area contributed by atoms with Crippen molar-refractivity contribution in [2.75, 3.05) is 13.7 Å². The predicted octanol–water partition coefficient (Wildman–Crippen LogP) is 5.41. The number of nitrogens with one attached hydrogen (secondary N) is 1. The van der Waals surface area contributed by atoms with Gasteiger partial charge in [-0.1, -0.05) is 93.6 Å². The standard InChI is InChI=1S/C35H40N2O7Si/c1-34(2,3)45(5,6)44-31-30(39)28(43-32(31)37-22-21-29(38)36-33(37)40)23-42-35(24-13-9-7-10-14-24,25-15-11-8-12-16-25)26-17-19-27(41-4)20-18-26/h7-22,28,31-32H,23H2,1-6H3,(H,36,38,40)/t28-,31-,32-/m1/s1. The van der Waals surface area contributed by atoms with Gasteiger partial charge in [0.15, 0.2) is 26.4 Å². The highest BCUT2D eigenvalue weighted by Crippen LogP contribution is 2.43. The summed E-state index contributed by atoms with van der Waals surface area (Å²) in [5.41, 5.74) is 0.183. The van der Waals surface area contributed by atoms with Gasteiger partial charge in [-0.15, -0.1) is 0 Å². The molecule has 1 saturated heterocycles. The number of hydrogen-bond donors (Lipinski definition) is 1. The van der Waals surface area contributed by atoms with E-state index in [1.54, 1.807) is 7.11 Å². The van der Waals surface area contributed by atoms with Gasteiger partial charge in [0.2, 0.25) is 0 Å². The Morgan fingerprint density at radius 3 is 1.89 bits per heavy atom. The van der Waals surface area contributed by atoms with E-state index in [0.29, 0.717) is 5.75 Å². The van der Waals surface area contributed by atoms with Gasteiger partial charge in [-0.2, -0.15) is 0 Å². The van der Waals surface area contributed by atoms with E-state index in [2.05, 4.69) is 25.8 Å². The van der Waals surface area contributed by atoms with E-state index in [9.17, 15) is 14.4 Å². The lowest BCUT2D eigenvalue weighted by atomic mass is 9.80. The molecule has 5 rings (SSSR count). The van der Waals surface area contributed by atoms with Crippen LogP contribution >= 0.6 is 0 Å². The number of rotatable bonds is 10. The SMILES string of the molecule is COc1ccc(C(OC[C@H]2O[C@@H](n3ccc(=O)[nH]c3=O)[C@H](O[Si](C)(C)C(C)(C)C)C2=O)(c2ccccc2)c2ccccc2)cc1. The maximum absolute atomic E-state index is 14.2. The number of methoxy groups -OCH3 is 1. The Labute approximate surface area is 263 Å². The molecule has 0 radical (unpaired) electrons. The Balaban J connectivity index is 1.58. The van der Waals surface area contributed by atoms with Gasteiger partial charge in [0, 0.05) is 12.3 Å². The minimum atomic E-state index is -2.51. The Bertz CT molecular complexity index is 1690. The van der Waals surface area contributed by atoms with Crippen LogP contribution in [0.25, 0.3) is 0 Å². The van der Waals surface area contributed by atoms with Crippen molar-refractivity contribution >= 4 is 14.1 Å². The first-order chi connectivity index (χ1) is 21.4. The summed E-state index contributed by atoms with van der Waals surface area (Å²) in [5.74, 6) is 0.371. The zero-order valence-corrected chi connectivity index (χ0v) is 27.5. The van der Waals surface area contributed by atoms with Gasteiger partial charge in [-0.05, 0) is 47.0 Å². The Hall–Kier alpha value is -4.09. The number of H-pyrrole nitrogens is 1. The van der Waals surface area contributed by atoms with Crippen molar-refractivity contribution in [3.05, 3.63) is 135 Å². The van der Waals surface area contributed by atoms with Crippen LogP contribution in [0.2, 0.25) is 18.1 Å². The van der Waals surface area contributed by atoms with Crippen LogP contribution in [0.3, 0.4) is 0 Å². The van der Waals surface area contributed by atoms with Crippen molar-refractivity contribution in [3.8, 4) is 5.75 Å². The van der Waals surface area contributed by atoms with E-state index in [-0.39, 0.29) is 17.4 Å². The van der Waals surface area contributed by atoms with Crippen LogP contribution in [0.5, 0.6) is 5.75 Å². The summed E-state index contributed by atoms with van der Waals surface area (Å²) in [4.78, 5) is 41.2. The van der Waals surface area contributed by atoms with Gasteiger partial charge in [0.05, 0.1) is 13.7 Å². The molecular formula is C35H40N2O7Si. The molecule has 1 aliphatic heterocycles. The van der Waals surface area contributed by atoms with Crippen LogP contribution in [-0.2, 0) is 24.3 Å². The lowest BCUT2D eigenvalue weighted by Crippen LogP contribution is -2.48. The van der Waals surface area contributed by atoms with Crippen LogP contribution in [0.4, 0.5) is 0 Å². The molecule has 3 atom stereocenters. The first-order valence-electron chi connectivity index (χ1n) is 15.0. The van der Waals surface area contributed by atoms with Crippen LogP contribution < -0.4 is 16.0 Å². The zero-order chi connectivity index (χ0) is 32.4. The molecule has 4 aromatic rings. The maximum Gasteiger partial charge on any atom is 0.330 e. The molecule has 0 amide bonds. The van der Waals surface area contributed by atoms with Gasteiger partial charge in [0.1, 0.15) is 17.5 Å². The van der Waals surface area contributed by atoms with Crippen LogP contribution in [0.15, 0.2) is 107 Å². The molecule has 0 unspecified atom stereocenters. The van der Waals surface area contributed by atoms with E-state index in [1.807, 2.05) is 98.0 Å². The molecule has 9 nitrogen and oxygen atoms in total. The second-order valence-corrected chi connectivity index (χ2v) is 17.4. The number of carbonyl (C=O) groups excluding carboxylic acids is 1. The number of aromatic nitrogens is 2. The molecule has 10 heteroatoms. The smallest absolute Gasteiger partial charge is 0.330 e. The summed E-state index contributed by atoms with van der Waals surface area (Å²) in [7, 11) is -0.898. The third-order valence-electron chi connectivity index (χ3n) is 8.82. The molecule has 0 aliphatic carbocycles. The summed E-state index contributed by atoms with van der Waals surface area (Å²) in [6.07, 6.45) is -1.89. The lowest BCUT2D eigenvalue weighted by molar-refractivity contribution is -0.131. The molecule has 3 aromatic carbocycles. The van der Waals surface area contributed by atoms with E-state index >= 15 is 0 Å². The fourth-order valence-electron chi connectivity index (χ4n) is 5.32. The number of hydrogen-bond acceptors (Lipinski definition) is 7. The zero-order valence-electron chi connectivity index (χ0n) is 26.5. The fraction of sp³-hybridized carbons (Fsp3) is 0.343. The van der Waals surface area contributed by atoms with Crippen molar-refractivity contribution in [3.63, 3.8) is 0 Å². The number of ketones is 1. The first kappa shape index (κ1) is 32.3. The summed E-state index contributed by atoms with van der Waals surface area (Å²) >= 11 is 0. The quantitative estimate of drug-likeness (QED) is 0.185. The molecule has 2 heterocycles. The Morgan fingerprint density at radius 2 is 1.38 bits per heavy atom. The molecule has 1 N–H and O–H groups in total. The number of ether oxygens (including phenoxy) is 3. The molecule has 0 saturated carbocycles. The summed E-state index contributed by atoms with van der Waals surface area (Å²) in [6.45, 7) is 10.2. The Morgan fingerprint density at radius 1 is 0.822 bits per heavy atom. The van der Waals surface area contributed by atoms with Gasteiger partial charge >= 0.3 is 5.69 Å². The molecule has 1 aliphatic rings. The molecule has 45 heavy (non-hydrogen) atoms. The fourth-order valence-corrected chi connectivity index (χ4v) is 6.54. The predicted molar refractivity (Wildman–Crippen MR) is 174 cm³/mol. The monoisotopic (exact) mass is 628 g/mol. The summed E-state index contributed by atoms with van der Waals surface area (Å²) in [6, 6.07) is 28.5. The largest absolute Gasteiger partial charge is 0.497 e. The molecule has 1 aromatic heterocycles. The van der Waals surface area contributed by atoms with Crippen molar-refractivity contribution in [1.29, 1.82) is 0 Å². The van der Waals surface area contributed by atoms with Crippen molar-refractivity contribution in [2.24, 2.45) is 0 Å². The normalized spacial score (nSPS) is 19.1. The van der Waals surface area contributed by atoms with Gasteiger partial charge < -0.3 is 18.6 Å². The van der Waals surface area contributed by atoms with Crippen LogP contribution in [-0.4, -0.2) is 49.6 Å². The molecular weight excluding hydrogens is 588 g/mol. The maximum atomic E-state index is 14.2. The minimum absolute atomic E-state index is 0.138. The topological polar surface area (TPSA) is 109 Å². The molecule has 1 fully saturated rings. The van der Waals surface area contributed by atoms with E-state index in [4.69, 9.17) is 18.6 Å². The Kier molecular flexibility index (Phi) is 9.13. The van der Waals surface area contributed by atoms with Crippen molar-refractivity contribution < 1.29 is 23.4 Å². The summed E-state index contributed by atoms with van der Waals surface area (Å²) < 4.78 is 26.5. The van der Waals surface area contributed by atoms with Crippen molar-refractivity contribution in [2.45, 2.75) is 62.9 Å². The first-order valence-corrected chi connectivity index (χ1v) is 17.9. The highest BCUT2D eigenvalue weighted by Gasteiger charge is 2.51. The summed E-state index contributed by atoms with van der Waals surface area (Å²) in [5, 5.41) is -0.216. The second-order valence-electron chi connectivity index (χ2n) is 12.7. The second kappa shape index (κ2) is 12.7. The number of Topliss-reactive ketones (excluding diaryl/α,β-unsaturated/α-hetero) is 1. The lowest BCUT2D eigenvalue weighted by Gasteiger charge is -2.38. The highest BCUT2D eigenvalue weighted by atomic mass is 28.4.